The molecule has 0 aliphatic carbocycles. The Kier molecular flexibility index (Phi) is 3.76. The minimum absolute atomic E-state index is 0.311. The minimum Gasteiger partial charge on any atom is -0.388 e. The summed E-state index contributed by atoms with van der Waals surface area (Å²) in [5.41, 5.74) is 7.02. The van der Waals surface area contributed by atoms with Crippen molar-refractivity contribution in [2.75, 3.05) is 0 Å². The van der Waals surface area contributed by atoms with E-state index in [4.69, 9.17) is 18.0 Å². The molecule has 0 aliphatic heterocycles. The lowest BCUT2D eigenvalue weighted by atomic mass is 10.2. The first-order valence-electron chi connectivity index (χ1n) is 4.34. The fraction of sp³-hybridized carbons (Fsp3) is 0.444. The van der Waals surface area contributed by atoms with Gasteiger partial charge in [-0.2, -0.15) is 0 Å². The monoisotopic (exact) mass is 195 g/mol. The molecule has 1 rings (SSSR count). The van der Waals surface area contributed by atoms with Gasteiger partial charge in [0, 0.05) is 6.20 Å². The molecule has 0 unspecified atom stereocenters. The lowest BCUT2D eigenvalue weighted by Crippen LogP contribution is -2.13. The smallest absolute Gasteiger partial charge is 0.124 e. The van der Waals surface area contributed by atoms with E-state index in [2.05, 4.69) is 16.9 Å². The number of nitrogens with zero attached hydrogens (tertiary/aromatic N) is 2. The van der Waals surface area contributed by atoms with Gasteiger partial charge in [-0.25, -0.2) is 4.98 Å². The van der Waals surface area contributed by atoms with Crippen molar-refractivity contribution < 1.29 is 0 Å². The zero-order chi connectivity index (χ0) is 9.68. The molecule has 0 saturated heterocycles. The Bertz CT molecular complexity index is 299. The molecule has 13 heavy (non-hydrogen) atoms. The van der Waals surface area contributed by atoms with Crippen molar-refractivity contribution in [3.63, 3.8) is 0 Å². The number of unbranched alkanes of at least 4 members (excludes halogenated alkanes) is 1. The largest absolute Gasteiger partial charge is 0.388 e. The van der Waals surface area contributed by atoms with Gasteiger partial charge in [0.25, 0.3) is 0 Å². The minimum atomic E-state index is 0.311. The van der Waals surface area contributed by atoms with Gasteiger partial charge in [-0.1, -0.05) is 25.6 Å². The second-order valence-corrected chi connectivity index (χ2v) is 3.30. The summed E-state index contributed by atoms with van der Waals surface area (Å²) < 4.78 is 0. The van der Waals surface area contributed by atoms with Crippen LogP contribution in [0.15, 0.2) is 12.4 Å². The maximum atomic E-state index is 5.44. The van der Waals surface area contributed by atoms with Crippen LogP contribution < -0.4 is 5.73 Å². The molecule has 0 aliphatic rings. The molecule has 70 valence electrons. The Morgan fingerprint density at radius 3 is 2.92 bits per heavy atom. The van der Waals surface area contributed by atoms with Gasteiger partial charge in [-0.15, -0.1) is 0 Å². The molecule has 0 saturated carbocycles. The van der Waals surface area contributed by atoms with Crippen LogP contribution >= 0.6 is 12.2 Å². The Morgan fingerprint density at radius 2 is 2.31 bits per heavy atom. The first-order chi connectivity index (χ1) is 6.24. The fourth-order valence-electron chi connectivity index (χ4n) is 1.00. The maximum absolute atomic E-state index is 5.44. The lowest BCUT2D eigenvalue weighted by Gasteiger charge is -2.00. The van der Waals surface area contributed by atoms with Crippen LogP contribution in [0.3, 0.4) is 0 Å². The molecule has 1 aromatic heterocycles. The van der Waals surface area contributed by atoms with E-state index in [0.717, 1.165) is 25.0 Å². The van der Waals surface area contributed by atoms with Crippen molar-refractivity contribution in [1.82, 2.24) is 9.97 Å². The molecule has 0 aromatic carbocycles. The highest BCUT2D eigenvalue weighted by molar-refractivity contribution is 7.80. The van der Waals surface area contributed by atoms with Crippen LogP contribution in [0.2, 0.25) is 0 Å². The summed E-state index contributed by atoms with van der Waals surface area (Å²) in [5.74, 6) is 0. The number of nitrogens with two attached hydrogens (primary N) is 1. The molecule has 0 atom stereocenters. The molecule has 3 nitrogen and oxygen atoms in total. The number of hydrogen-bond acceptors (Lipinski definition) is 3. The summed E-state index contributed by atoms with van der Waals surface area (Å²) in [6.07, 6.45) is 6.57. The van der Waals surface area contributed by atoms with Crippen LogP contribution in [0, 0.1) is 0 Å². The third-order valence-electron chi connectivity index (χ3n) is 1.72. The van der Waals surface area contributed by atoms with E-state index in [1.54, 1.807) is 12.4 Å². The number of aryl methyl sites for hydroxylation is 1. The molecule has 0 bridgehead atoms. The zero-order valence-electron chi connectivity index (χ0n) is 7.66. The number of aromatic nitrogens is 2. The molecular weight excluding hydrogens is 182 g/mol. The van der Waals surface area contributed by atoms with Crippen molar-refractivity contribution in [2.45, 2.75) is 26.2 Å². The summed E-state index contributed by atoms with van der Waals surface area (Å²) in [7, 11) is 0. The Labute approximate surface area is 83.4 Å². The molecule has 1 heterocycles. The quantitative estimate of drug-likeness (QED) is 0.739. The fourth-order valence-corrected chi connectivity index (χ4v) is 1.10. The third kappa shape index (κ3) is 3.06. The topological polar surface area (TPSA) is 51.8 Å². The van der Waals surface area contributed by atoms with Gasteiger partial charge in [-0.05, 0) is 12.8 Å². The van der Waals surface area contributed by atoms with Crippen molar-refractivity contribution in [2.24, 2.45) is 5.73 Å². The van der Waals surface area contributed by atoms with Crippen LogP contribution in [-0.4, -0.2) is 15.0 Å². The summed E-state index contributed by atoms with van der Waals surface area (Å²) >= 11 is 4.81. The van der Waals surface area contributed by atoms with Crippen LogP contribution in [0.1, 0.15) is 31.2 Å². The van der Waals surface area contributed by atoms with E-state index < -0.39 is 0 Å². The van der Waals surface area contributed by atoms with Gasteiger partial charge < -0.3 is 5.73 Å². The van der Waals surface area contributed by atoms with Crippen LogP contribution in [0.5, 0.6) is 0 Å². The van der Waals surface area contributed by atoms with Gasteiger partial charge in [0.1, 0.15) is 10.7 Å². The summed E-state index contributed by atoms with van der Waals surface area (Å²) in [6.45, 7) is 2.14. The Morgan fingerprint density at radius 1 is 1.54 bits per heavy atom. The zero-order valence-corrected chi connectivity index (χ0v) is 8.47. The molecule has 0 spiro atoms. The van der Waals surface area contributed by atoms with E-state index in [1.807, 2.05) is 0 Å². The van der Waals surface area contributed by atoms with Crippen molar-refractivity contribution in [3.05, 3.63) is 23.8 Å². The summed E-state index contributed by atoms with van der Waals surface area (Å²) in [4.78, 5) is 8.62. The molecular formula is C9H13N3S. The Balaban J connectivity index is 2.73. The summed E-state index contributed by atoms with van der Waals surface area (Å²) in [5, 5.41) is 0. The van der Waals surface area contributed by atoms with E-state index in [-0.39, 0.29) is 0 Å². The van der Waals surface area contributed by atoms with Crippen LogP contribution in [0.25, 0.3) is 0 Å². The van der Waals surface area contributed by atoms with E-state index >= 15 is 0 Å². The average Bonchev–Trinajstić information content (AvgIpc) is 2.15. The second kappa shape index (κ2) is 4.87. The predicted octanol–water partition coefficient (Wildman–Crippen LogP) is 1.45. The second-order valence-electron chi connectivity index (χ2n) is 2.86. The van der Waals surface area contributed by atoms with Gasteiger partial charge in [0.15, 0.2) is 0 Å². The number of hydrogen-bond donors (Lipinski definition) is 1. The van der Waals surface area contributed by atoms with Crippen molar-refractivity contribution >= 4 is 17.2 Å². The normalized spacial score (nSPS) is 9.92. The highest BCUT2D eigenvalue weighted by atomic mass is 32.1. The van der Waals surface area contributed by atoms with Gasteiger partial charge in [0.2, 0.25) is 0 Å². The van der Waals surface area contributed by atoms with Crippen LogP contribution in [0.4, 0.5) is 0 Å². The molecule has 0 fully saturated rings. The summed E-state index contributed by atoms with van der Waals surface area (Å²) in [6, 6.07) is 0. The molecule has 0 amide bonds. The van der Waals surface area contributed by atoms with E-state index in [1.165, 1.54) is 0 Å². The van der Waals surface area contributed by atoms with E-state index in [0.29, 0.717) is 10.7 Å². The molecule has 4 heteroatoms. The van der Waals surface area contributed by atoms with Crippen molar-refractivity contribution in [3.8, 4) is 0 Å². The highest BCUT2D eigenvalue weighted by Gasteiger charge is 2.00. The van der Waals surface area contributed by atoms with Gasteiger partial charge >= 0.3 is 0 Å². The average molecular weight is 195 g/mol. The van der Waals surface area contributed by atoms with Crippen LogP contribution in [-0.2, 0) is 6.42 Å². The first kappa shape index (κ1) is 10.1. The first-order valence-corrected chi connectivity index (χ1v) is 4.75. The number of rotatable bonds is 4. The third-order valence-corrected chi connectivity index (χ3v) is 1.93. The standard InChI is InChI=1S/C9H13N3S/c1-2-3-4-7-5-11-6-8(12-7)9(10)13/h5-6H,2-4H2,1H3,(H2,10,13). The lowest BCUT2D eigenvalue weighted by molar-refractivity contribution is 0.771. The number of thiocarbonyl (C=S) groups is 1. The molecule has 0 radical (unpaired) electrons. The Hall–Kier alpha value is -1.03. The van der Waals surface area contributed by atoms with Crippen molar-refractivity contribution in [1.29, 1.82) is 0 Å². The SMILES string of the molecule is CCCCc1cncc(C(N)=S)n1. The maximum Gasteiger partial charge on any atom is 0.124 e. The van der Waals surface area contributed by atoms with E-state index in [9.17, 15) is 0 Å². The van der Waals surface area contributed by atoms with Gasteiger partial charge in [0.05, 0.1) is 11.9 Å². The predicted molar refractivity (Wildman–Crippen MR) is 56.5 cm³/mol. The highest BCUT2D eigenvalue weighted by Crippen LogP contribution is 2.01. The molecule has 2 N–H and O–H groups in total. The van der Waals surface area contributed by atoms with Gasteiger partial charge in [-0.3, -0.25) is 4.98 Å². The molecule has 1 aromatic rings.